The molecule has 0 fully saturated rings. The van der Waals surface area contributed by atoms with Crippen molar-refractivity contribution in [3.05, 3.63) is 0 Å². The molecule has 0 aromatic heterocycles. The number of rotatable bonds is 6. The van der Waals surface area contributed by atoms with Crippen molar-refractivity contribution in [3.63, 3.8) is 0 Å². The van der Waals surface area contributed by atoms with Gasteiger partial charge in [0.1, 0.15) is 0 Å². The van der Waals surface area contributed by atoms with Gasteiger partial charge >= 0.3 is 0 Å². The molecular weight excluding hydrogens is 123 g/mol. The summed E-state index contributed by atoms with van der Waals surface area (Å²) >= 11 is 0. The van der Waals surface area contributed by atoms with Gasteiger partial charge in [0, 0.05) is 6.10 Å². The molecule has 0 saturated carbocycles. The smallest absolute Gasteiger partial charge is 0.257 e. The third-order valence-electron chi connectivity index (χ3n) is 1.92. The molecule has 2 heteroatoms. The van der Waals surface area contributed by atoms with Gasteiger partial charge in [-0.05, 0) is 12.8 Å². The van der Waals surface area contributed by atoms with Crippen molar-refractivity contribution >= 4 is 8.05 Å². The first-order valence-electron chi connectivity index (χ1n) is 4.37. The van der Waals surface area contributed by atoms with Gasteiger partial charge in [-0.1, -0.05) is 33.1 Å². The highest BCUT2D eigenvalue weighted by molar-refractivity contribution is 5.98. The lowest BCUT2D eigenvalue weighted by Gasteiger charge is -2.12. The maximum absolute atomic E-state index is 5.25. The van der Waals surface area contributed by atoms with Gasteiger partial charge in [-0.2, -0.15) is 0 Å². The summed E-state index contributed by atoms with van der Waals surface area (Å²) in [6.07, 6.45) is 6.87. The summed E-state index contributed by atoms with van der Waals surface area (Å²) in [7, 11) is 1.81. The van der Waals surface area contributed by atoms with Crippen molar-refractivity contribution in [2.75, 3.05) is 0 Å². The second-order valence-electron chi connectivity index (χ2n) is 2.76. The SMILES string of the molecule is BOC(CC)CCCCC. The molecule has 0 aliphatic heterocycles. The van der Waals surface area contributed by atoms with Crippen LogP contribution in [0.15, 0.2) is 0 Å². The summed E-state index contributed by atoms with van der Waals surface area (Å²) in [5, 5.41) is 0. The van der Waals surface area contributed by atoms with E-state index in [4.69, 9.17) is 4.65 Å². The molecule has 0 heterocycles. The molecule has 0 rings (SSSR count). The molecule has 0 aliphatic rings. The fourth-order valence-corrected chi connectivity index (χ4v) is 1.11. The average molecular weight is 142 g/mol. The molecule has 0 radical (unpaired) electrons. The molecule has 1 unspecified atom stereocenters. The van der Waals surface area contributed by atoms with Crippen LogP contribution >= 0.6 is 0 Å². The van der Waals surface area contributed by atoms with Gasteiger partial charge in [0.05, 0.1) is 0 Å². The lowest BCUT2D eigenvalue weighted by molar-refractivity contribution is 0.200. The molecule has 10 heavy (non-hydrogen) atoms. The van der Waals surface area contributed by atoms with E-state index in [1.165, 1.54) is 25.7 Å². The summed E-state index contributed by atoms with van der Waals surface area (Å²) in [5.41, 5.74) is 0. The molecule has 1 nitrogen and oxygen atoms in total. The van der Waals surface area contributed by atoms with Gasteiger partial charge in [0.25, 0.3) is 8.05 Å². The Bertz CT molecular complexity index is 62.3. The largest absolute Gasteiger partial charge is 0.441 e. The van der Waals surface area contributed by atoms with Crippen LogP contribution in [0.4, 0.5) is 0 Å². The zero-order chi connectivity index (χ0) is 7.82. The van der Waals surface area contributed by atoms with Crippen LogP contribution in [-0.2, 0) is 4.65 Å². The van der Waals surface area contributed by atoms with Crippen LogP contribution in [0, 0.1) is 0 Å². The molecule has 0 aliphatic carbocycles. The van der Waals surface area contributed by atoms with E-state index < -0.39 is 0 Å². The van der Waals surface area contributed by atoms with Crippen molar-refractivity contribution in [3.8, 4) is 0 Å². The van der Waals surface area contributed by atoms with E-state index in [-0.39, 0.29) is 0 Å². The second kappa shape index (κ2) is 7.14. The minimum absolute atomic E-state index is 0.506. The lowest BCUT2D eigenvalue weighted by Crippen LogP contribution is -2.08. The number of hydrogen-bond acceptors (Lipinski definition) is 1. The topological polar surface area (TPSA) is 9.23 Å². The van der Waals surface area contributed by atoms with Crippen LogP contribution in [0.1, 0.15) is 46.0 Å². The first-order chi connectivity index (χ1) is 4.85. The van der Waals surface area contributed by atoms with Crippen molar-refractivity contribution in [2.45, 2.75) is 52.1 Å². The van der Waals surface area contributed by atoms with Crippen molar-refractivity contribution in [2.24, 2.45) is 0 Å². The lowest BCUT2D eigenvalue weighted by atomic mass is 10.1. The zero-order valence-corrected chi connectivity index (χ0v) is 7.52. The molecule has 0 amide bonds. The van der Waals surface area contributed by atoms with Gasteiger partial charge < -0.3 is 4.65 Å². The quantitative estimate of drug-likeness (QED) is 0.406. The Morgan fingerprint density at radius 1 is 1.30 bits per heavy atom. The Morgan fingerprint density at radius 3 is 2.40 bits per heavy atom. The number of hydrogen-bond donors (Lipinski definition) is 0. The van der Waals surface area contributed by atoms with E-state index >= 15 is 0 Å². The molecule has 0 bridgehead atoms. The van der Waals surface area contributed by atoms with Crippen molar-refractivity contribution in [1.29, 1.82) is 0 Å². The van der Waals surface area contributed by atoms with Crippen LogP contribution in [0.25, 0.3) is 0 Å². The standard InChI is InChI=1S/C8H19BO/c1-3-5-6-7-8(4-2)10-9/h8H,3-7,9H2,1-2H3. The monoisotopic (exact) mass is 142 g/mol. The fourth-order valence-electron chi connectivity index (χ4n) is 1.11. The van der Waals surface area contributed by atoms with Crippen LogP contribution < -0.4 is 0 Å². The van der Waals surface area contributed by atoms with E-state index in [2.05, 4.69) is 13.8 Å². The summed E-state index contributed by atoms with van der Waals surface area (Å²) in [6.45, 7) is 4.41. The Morgan fingerprint density at radius 2 is 2.00 bits per heavy atom. The average Bonchev–Trinajstić information content (AvgIpc) is 1.99. The predicted octanol–water partition coefficient (Wildman–Crippen LogP) is 1.91. The van der Waals surface area contributed by atoms with Crippen LogP contribution in [0.3, 0.4) is 0 Å². The molecule has 0 N–H and O–H groups in total. The minimum atomic E-state index is 0.506. The summed E-state index contributed by atoms with van der Waals surface area (Å²) in [4.78, 5) is 0. The van der Waals surface area contributed by atoms with Crippen LogP contribution in [-0.4, -0.2) is 14.2 Å². The van der Waals surface area contributed by atoms with Gasteiger partial charge in [-0.25, -0.2) is 0 Å². The molecule has 0 aromatic carbocycles. The van der Waals surface area contributed by atoms with E-state index in [0.29, 0.717) is 6.10 Å². The first kappa shape index (κ1) is 10.0. The zero-order valence-electron chi connectivity index (χ0n) is 7.52. The maximum Gasteiger partial charge on any atom is 0.257 e. The van der Waals surface area contributed by atoms with Crippen LogP contribution in [0.5, 0.6) is 0 Å². The van der Waals surface area contributed by atoms with Gasteiger partial charge in [-0.3, -0.25) is 0 Å². The van der Waals surface area contributed by atoms with E-state index in [9.17, 15) is 0 Å². The first-order valence-corrected chi connectivity index (χ1v) is 4.37. The summed E-state index contributed by atoms with van der Waals surface area (Å²) < 4.78 is 5.25. The molecular formula is C8H19BO. The predicted molar refractivity (Wildman–Crippen MR) is 47.9 cm³/mol. The van der Waals surface area contributed by atoms with Crippen molar-refractivity contribution in [1.82, 2.24) is 0 Å². The Balaban J connectivity index is 3.09. The normalized spacial score (nSPS) is 13.4. The Kier molecular flexibility index (Phi) is 7.15. The van der Waals surface area contributed by atoms with Gasteiger partial charge in [-0.15, -0.1) is 0 Å². The molecule has 1 atom stereocenters. The van der Waals surface area contributed by atoms with Gasteiger partial charge in [0.2, 0.25) is 0 Å². The van der Waals surface area contributed by atoms with Crippen molar-refractivity contribution < 1.29 is 4.65 Å². The Hall–Kier alpha value is 0.0249. The molecule has 60 valence electrons. The summed E-state index contributed by atoms with van der Waals surface area (Å²) in [6, 6.07) is 0. The van der Waals surface area contributed by atoms with E-state index in [1.807, 2.05) is 0 Å². The Labute approximate surface area is 65.6 Å². The third-order valence-corrected chi connectivity index (χ3v) is 1.92. The maximum atomic E-state index is 5.25. The van der Waals surface area contributed by atoms with Gasteiger partial charge in [0.15, 0.2) is 0 Å². The van der Waals surface area contributed by atoms with E-state index in [1.54, 1.807) is 8.05 Å². The van der Waals surface area contributed by atoms with E-state index in [0.717, 1.165) is 6.42 Å². The number of unbranched alkanes of at least 4 members (excludes halogenated alkanes) is 2. The third kappa shape index (κ3) is 4.86. The molecule has 0 saturated heterocycles. The second-order valence-corrected chi connectivity index (χ2v) is 2.76. The van der Waals surface area contributed by atoms with Crippen LogP contribution in [0.2, 0.25) is 0 Å². The highest BCUT2D eigenvalue weighted by atomic mass is 16.4. The highest BCUT2D eigenvalue weighted by Crippen LogP contribution is 2.07. The molecule has 0 aromatic rings. The highest BCUT2D eigenvalue weighted by Gasteiger charge is 2.00. The summed E-state index contributed by atoms with van der Waals surface area (Å²) in [5.74, 6) is 0. The minimum Gasteiger partial charge on any atom is -0.441 e. The molecule has 0 spiro atoms. The fraction of sp³-hybridized carbons (Fsp3) is 1.00.